The van der Waals surface area contributed by atoms with Gasteiger partial charge in [-0.25, -0.2) is 4.79 Å². The van der Waals surface area contributed by atoms with E-state index < -0.39 is 5.97 Å². The molecule has 1 amide bonds. The van der Waals surface area contributed by atoms with Crippen LogP contribution in [0.1, 0.15) is 23.2 Å². The summed E-state index contributed by atoms with van der Waals surface area (Å²) in [4.78, 5) is 25.5. The Morgan fingerprint density at radius 3 is 2.40 bits per heavy atom. The second-order valence-electron chi connectivity index (χ2n) is 5.63. The normalized spacial score (nSPS) is 13.8. The molecule has 130 valence electrons. The minimum absolute atomic E-state index is 0.120. The molecule has 1 saturated heterocycles. The van der Waals surface area contributed by atoms with Gasteiger partial charge in [0.25, 0.3) is 0 Å². The van der Waals surface area contributed by atoms with Crippen LogP contribution in [0.2, 0.25) is 5.02 Å². The third-order valence-corrected chi connectivity index (χ3v) is 4.14. The largest absolute Gasteiger partial charge is 0.490 e. The van der Waals surface area contributed by atoms with Gasteiger partial charge in [0.05, 0.1) is 5.56 Å². The molecule has 0 unspecified atom stereocenters. The molecule has 0 bridgehead atoms. The van der Waals surface area contributed by atoms with Crippen LogP contribution in [0.3, 0.4) is 0 Å². The van der Waals surface area contributed by atoms with Crippen molar-refractivity contribution in [2.75, 3.05) is 24.7 Å². The predicted octanol–water partition coefficient (Wildman–Crippen LogP) is 3.70. The van der Waals surface area contributed by atoms with Crippen LogP contribution in [0.5, 0.6) is 5.75 Å². The van der Waals surface area contributed by atoms with Crippen LogP contribution < -0.4 is 9.64 Å². The maximum Gasteiger partial charge on any atom is 0.338 e. The molecular weight excluding hydrogens is 342 g/mol. The summed E-state index contributed by atoms with van der Waals surface area (Å²) in [5.74, 6) is 0.369. The van der Waals surface area contributed by atoms with E-state index in [0.29, 0.717) is 22.8 Å². The Labute approximate surface area is 151 Å². The number of amides is 1. The van der Waals surface area contributed by atoms with E-state index >= 15 is 0 Å². The average molecular weight is 360 g/mol. The Kier molecular flexibility index (Phi) is 5.56. The first-order chi connectivity index (χ1) is 12.1. The molecule has 2 aromatic rings. The number of hydrogen-bond donors (Lipinski definition) is 0. The summed E-state index contributed by atoms with van der Waals surface area (Å²) in [6.45, 7) is 1.13. The molecule has 0 saturated carbocycles. The summed E-state index contributed by atoms with van der Waals surface area (Å²) >= 11 is 5.80. The van der Waals surface area contributed by atoms with Crippen LogP contribution in [-0.4, -0.2) is 31.6 Å². The van der Waals surface area contributed by atoms with Gasteiger partial charge in [0.1, 0.15) is 19.0 Å². The summed E-state index contributed by atoms with van der Waals surface area (Å²) in [5, 5.41) is 0.637. The lowest BCUT2D eigenvalue weighted by Crippen LogP contribution is -2.23. The lowest BCUT2D eigenvalue weighted by atomic mass is 10.2. The first kappa shape index (κ1) is 17.3. The number of hydrogen-bond acceptors (Lipinski definition) is 4. The standard InChI is InChI=1S/C19H18ClNO4/c20-15-5-9-17(10-6-15)24-12-13-25-19(23)14-3-7-16(8-4-14)21-11-1-2-18(21)22/h3-10H,1-2,11-13H2. The van der Waals surface area contributed by atoms with Crippen LogP contribution in [0.4, 0.5) is 5.69 Å². The summed E-state index contributed by atoms with van der Waals surface area (Å²) in [6, 6.07) is 13.8. The molecule has 0 aliphatic carbocycles. The molecule has 6 heteroatoms. The maximum atomic E-state index is 12.0. The quantitative estimate of drug-likeness (QED) is 0.583. The molecule has 0 N–H and O–H groups in total. The van der Waals surface area contributed by atoms with Crippen LogP contribution in [0.25, 0.3) is 0 Å². The van der Waals surface area contributed by atoms with Crippen molar-refractivity contribution >= 4 is 29.2 Å². The van der Waals surface area contributed by atoms with Gasteiger partial charge in [-0.05, 0) is 55.0 Å². The van der Waals surface area contributed by atoms with Crippen LogP contribution in [0, 0.1) is 0 Å². The van der Waals surface area contributed by atoms with Crippen molar-refractivity contribution in [2.45, 2.75) is 12.8 Å². The molecule has 1 aliphatic rings. The van der Waals surface area contributed by atoms with E-state index in [2.05, 4.69) is 0 Å². The van der Waals surface area contributed by atoms with Crippen molar-refractivity contribution in [1.29, 1.82) is 0 Å². The Hall–Kier alpha value is -2.53. The third kappa shape index (κ3) is 4.51. The van der Waals surface area contributed by atoms with Crippen LogP contribution >= 0.6 is 11.6 Å². The highest BCUT2D eigenvalue weighted by atomic mass is 35.5. The van der Waals surface area contributed by atoms with Crippen molar-refractivity contribution in [3.05, 3.63) is 59.1 Å². The molecule has 3 rings (SSSR count). The van der Waals surface area contributed by atoms with Gasteiger partial charge in [-0.1, -0.05) is 11.6 Å². The number of esters is 1. The van der Waals surface area contributed by atoms with E-state index in [9.17, 15) is 9.59 Å². The minimum atomic E-state index is -0.418. The number of benzene rings is 2. The number of ether oxygens (including phenoxy) is 2. The van der Waals surface area contributed by atoms with Gasteiger partial charge in [0.2, 0.25) is 5.91 Å². The topological polar surface area (TPSA) is 55.8 Å². The molecule has 1 heterocycles. The van der Waals surface area contributed by atoms with Gasteiger partial charge in [-0.3, -0.25) is 4.79 Å². The van der Waals surface area contributed by atoms with E-state index in [-0.39, 0.29) is 19.1 Å². The number of halogens is 1. The molecule has 1 aliphatic heterocycles. The smallest absolute Gasteiger partial charge is 0.338 e. The van der Waals surface area contributed by atoms with Crippen molar-refractivity contribution in [1.82, 2.24) is 0 Å². The van der Waals surface area contributed by atoms with Crippen molar-refractivity contribution in [3.63, 3.8) is 0 Å². The second-order valence-corrected chi connectivity index (χ2v) is 6.07. The van der Waals surface area contributed by atoms with Crippen molar-refractivity contribution < 1.29 is 19.1 Å². The van der Waals surface area contributed by atoms with Crippen molar-refractivity contribution in [2.24, 2.45) is 0 Å². The molecule has 5 nitrogen and oxygen atoms in total. The highest BCUT2D eigenvalue weighted by molar-refractivity contribution is 6.30. The Bertz CT molecular complexity index is 743. The molecular formula is C19H18ClNO4. The molecule has 0 aromatic heterocycles. The van der Waals surface area contributed by atoms with Gasteiger partial charge >= 0.3 is 5.97 Å². The monoisotopic (exact) mass is 359 g/mol. The summed E-state index contributed by atoms with van der Waals surface area (Å²) in [6.07, 6.45) is 1.45. The van der Waals surface area contributed by atoms with E-state index in [4.69, 9.17) is 21.1 Å². The molecule has 2 aromatic carbocycles. The number of rotatable bonds is 6. The number of anilines is 1. The molecule has 0 radical (unpaired) electrons. The van der Waals surface area contributed by atoms with Gasteiger partial charge in [0, 0.05) is 23.7 Å². The average Bonchev–Trinajstić information content (AvgIpc) is 3.06. The van der Waals surface area contributed by atoms with Crippen LogP contribution in [0.15, 0.2) is 48.5 Å². The van der Waals surface area contributed by atoms with Gasteiger partial charge < -0.3 is 14.4 Å². The molecule has 0 atom stereocenters. The Morgan fingerprint density at radius 1 is 1.04 bits per heavy atom. The van der Waals surface area contributed by atoms with E-state index in [1.165, 1.54) is 0 Å². The lowest BCUT2D eigenvalue weighted by Gasteiger charge is -2.15. The Balaban J connectivity index is 1.46. The maximum absolute atomic E-state index is 12.0. The second kappa shape index (κ2) is 8.03. The first-order valence-electron chi connectivity index (χ1n) is 8.09. The number of nitrogens with zero attached hydrogens (tertiary/aromatic N) is 1. The zero-order chi connectivity index (χ0) is 17.6. The van der Waals surface area contributed by atoms with E-state index in [1.807, 2.05) is 0 Å². The Morgan fingerprint density at radius 2 is 1.76 bits per heavy atom. The third-order valence-electron chi connectivity index (χ3n) is 3.89. The first-order valence-corrected chi connectivity index (χ1v) is 8.47. The fourth-order valence-corrected chi connectivity index (χ4v) is 2.73. The molecule has 1 fully saturated rings. The highest BCUT2D eigenvalue weighted by Gasteiger charge is 2.21. The predicted molar refractivity (Wildman–Crippen MR) is 95.3 cm³/mol. The van der Waals surface area contributed by atoms with Gasteiger partial charge in [-0.2, -0.15) is 0 Å². The van der Waals surface area contributed by atoms with Gasteiger partial charge in [0.15, 0.2) is 0 Å². The SMILES string of the molecule is O=C(OCCOc1ccc(Cl)cc1)c1ccc(N2CCCC2=O)cc1. The number of carbonyl (C=O) groups is 2. The summed E-state index contributed by atoms with van der Waals surface area (Å²) < 4.78 is 10.7. The van der Waals surface area contributed by atoms with E-state index in [1.54, 1.807) is 53.4 Å². The fraction of sp³-hybridized carbons (Fsp3) is 0.263. The lowest BCUT2D eigenvalue weighted by molar-refractivity contribution is -0.117. The zero-order valence-corrected chi connectivity index (χ0v) is 14.4. The highest BCUT2D eigenvalue weighted by Crippen LogP contribution is 2.21. The summed E-state index contributed by atoms with van der Waals surface area (Å²) in [7, 11) is 0. The van der Waals surface area contributed by atoms with Crippen molar-refractivity contribution in [3.8, 4) is 5.75 Å². The molecule has 25 heavy (non-hydrogen) atoms. The molecule has 0 spiro atoms. The number of carbonyl (C=O) groups excluding carboxylic acids is 2. The van der Waals surface area contributed by atoms with Gasteiger partial charge in [-0.15, -0.1) is 0 Å². The summed E-state index contributed by atoms with van der Waals surface area (Å²) in [5.41, 5.74) is 1.26. The van der Waals surface area contributed by atoms with E-state index in [0.717, 1.165) is 18.7 Å². The minimum Gasteiger partial charge on any atom is -0.490 e. The zero-order valence-electron chi connectivity index (χ0n) is 13.6. The van der Waals surface area contributed by atoms with Crippen LogP contribution in [-0.2, 0) is 9.53 Å². The fourth-order valence-electron chi connectivity index (χ4n) is 2.61.